The fourth-order valence-corrected chi connectivity index (χ4v) is 5.87. The second-order valence-electron chi connectivity index (χ2n) is 10.8. The average molecular weight is 485 g/mol. The molecule has 1 atom stereocenters. The van der Waals surface area contributed by atoms with Crippen molar-refractivity contribution in [2.45, 2.75) is 37.6 Å². The number of carbonyl (C=O) groups excluding carboxylic acids is 2. The molecule has 6 nitrogen and oxygen atoms in total. The molecular formula is C29H29FN4O2. The Bertz CT molecular complexity index is 1340. The second kappa shape index (κ2) is 8.02. The molecule has 184 valence electrons. The zero-order valence-corrected chi connectivity index (χ0v) is 20.2. The van der Waals surface area contributed by atoms with Gasteiger partial charge in [-0.2, -0.15) is 0 Å². The van der Waals surface area contributed by atoms with Crippen LogP contribution in [-0.4, -0.2) is 59.2 Å². The maximum Gasteiger partial charge on any atom is 0.256 e. The van der Waals surface area contributed by atoms with Gasteiger partial charge in [0.2, 0.25) is 5.91 Å². The molecule has 2 amide bonds. The van der Waals surface area contributed by atoms with Gasteiger partial charge in [-0.25, -0.2) is 4.39 Å². The summed E-state index contributed by atoms with van der Waals surface area (Å²) in [7, 11) is 0. The monoisotopic (exact) mass is 484 g/mol. The Morgan fingerprint density at radius 2 is 2.00 bits per heavy atom. The van der Waals surface area contributed by atoms with E-state index in [1.165, 1.54) is 0 Å². The number of halogens is 1. The minimum atomic E-state index is -0.697. The molecule has 36 heavy (non-hydrogen) atoms. The lowest BCUT2D eigenvalue weighted by atomic mass is 9.95. The van der Waals surface area contributed by atoms with Gasteiger partial charge >= 0.3 is 0 Å². The van der Waals surface area contributed by atoms with Crippen LogP contribution in [0.2, 0.25) is 0 Å². The third kappa shape index (κ3) is 3.55. The average Bonchev–Trinajstić information content (AvgIpc) is 3.82. The summed E-state index contributed by atoms with van der Waals surface area (Å²) >= 11 is 0. The van der Waals surface area contributed by atoms with Crippen molar-refractivity contribution < 1.29 is 14.0 Å². The van der Waals surface area contributed by atoms with Crippen LogP contribution in [0.3, 0.4) is 0 Å². The number of anilines is 1. The van der Waals surface area contributed by atoms with E-state index in [0.717, 1.165) is 67.6 Å². The van der Waals surface area contributed by atoms with Gasteiger partial charge in [0, 0.05) is 43.3 Å². The largest absolute Gasteiger partial charge is 0.381 e. The number of benzene rings is 2. The molecule has 3 heterocycles. The number of amides is 2. The first kappa shape index (κ1) is 21.8. The van der Waals surface area contributed by atoms with E-state index in [-0.39, 0.29) is 29.5 Å². The van der Waals surface area contributed by atoms with Gasteiger partial charge in [-0.1, -0.05) is 30.4 Å². The van der Waals surface area contributed by atoms with E-state index in [9.17, 15) is 9.59 Å². The predicted octanol–water partition coefficient (Wildman–Crippen LogP) is 4.31. The Labute approximate surface area is 209 Å². The Kier molecular flexibility index (Phi) is 4.85. The maximum absolute atomic E-state index is 15.7. The summed E-state index contributed by atoms with van der Waals surface area (Å²) in [5, 5.41) is 3.36. The summed E-state index contributed by atoms with van der Waals surface area (Å²) in [5.41, 5.74) is 3.53. The molecule has 7 heteroatoms. The van der Waals surface area contributed by atoms with Crippen molar-refractivity contribution in [1.82, 2.24) is 9.80 Å². The fourth-order valence-electron chi connectivity index (χ4n) is 5.87. The van der Waals surface area contributed by atoms with Gasteiger partial charge < -0.3 is 10.2 Å². The normalized spacial score (nSPS) is 23.6. The quantitative estimate of drug-likeness (QED) is 0.688. The zero-order chi connectivity index (χ0) is 24.4. The number of rotatable bonds is 5. The molecule has 2 saturated carbocycles. The minimum absolute atomic E-state index is 0.0127. The molecule has 1 N–H and O–H groups in total. The molecule has 2 aromatic carbocycles. The van der Waals surface area contributed by atoms with E-state index in [1.807, 2.05) is 29.2 Å². The van der Waals surface area contributed by atoms with Gasteiger partial charge in [0.25, 0.3) is 5.91 Å². The molecule has 7 rings (SSSR count). The van der Waals surface area contributed by atoms with E-state index >= 15 is 4.39 Å². The Balaban J connectivity index is 1.16. The van der Waals surface area contributed by atoms with Crippen LogP contribution in [0.25, 0.3) is 17.2 Å². The van der Waals surface area contributed by atoms with Crippen LogP contribution < -0.4 is 5.32 Å². The number of aliphatic imine (C=N–C) groups is 1. The Morgan fingerprint density at radius 1 is 1.14 bits per heavy atom. The summed E-state index contributed by atoms with van der Waals surface area (Å²) in [6.45, 7) is 2.68. The standard InChI is InChI=1S/C29H29FN4O2/c30-24-15-20(21-3-1-5-25-22(21)4-2-13-31-25)8-9-23(24)26-32-29(11-12-29)28(36)34(26)17-18-10-14-33(16-18)27(35)19-6-7-19/h1-5,8-9,15,18-19,31H,6-7,10-14,16-17H2/t18-/m1/s1. The number of fused-ring (bicyclic) bond motifs is 1. The van der Waals surface area contributed by atoms with Gasteiger partial charge in [0.1, 0.15) is 17.2 Å². The lowest BCUT2D eigenvalue weighted by Gasteiger charge is -2.24. The maximum atomic E-state index is 15.7. The smallest absolute Gasteiger partial charge is 0.256 e. The summed E-state index contributed by atoms with van der Waals surface area (Å²) in [5.74, 6) is 0.717. The van der Waals surface area contributed by atoms with Crippen molar-refractivity contribution in [2.24, 2.45) is 16.8 Å². The number of likely N-dealkylation sites (tertiary alicyclic amines) is 1. The fraction of sp³-hybridized carbons (Fsp3) is 0.414. The first-order valence-electron chi connectivity index (χ1n) is 13.1. The Hall–Kier alpha value is -3.48. The Morgan fingerprint density at radius 3 is 2.78 bits per heavy atom. The SMILES string of the molecule is O=C(C1CC1)N1CC[C@@H](CN2C(=O)C3(CC3)N=C2c2ccc(-c3cccc4c3C=CCN4)cc2F)C1. The van der Waals surface area contributed by atoms with E-state index < -0.39 is 5.54 Å². The number of amidine groups is 1. The number of hydrogen-bond acceptors (Lipinski definition) is 4. The third-order valence-electron chi connectivity index (χ3n) is 8.23. The summed E-state index contributed by atoms with van der Waals surface area (Å²) < 4.78 is 15.7. The van der Waals surface area contributed by atoms with Gasteiger partial charge in [0.05, 0.1) is 5.56 Å². The number of nitrogens with zero attached hydrogens (tertiary/aromatic N) is 3. The van der Waals surface area contributed by atoms with Crippen LogP contribution in [-0.2, 0) is 9.59 Å². The molecule has 0 unspecified atom stereocenters. The van der Waals surface area contributed by atoms with Crippen LogP contribution in [0.15, 0.2) is 47.5 Å². The van der Waals surface area contributed by atoms with Crippen molar-refractivity contribution in [1.29, 1.82) is 0 Å². The molecule has 2 aliphatic carbocycles. The van der Waals surface area contributed by atoms with E-state index in [4.69, 9.17) is 4.99 Å². The first-order valence-corrected chi connectivity index (χ1v) is 13.1. The number of nitrogens with one attached hydrogen (secondary N) is 1. The van der Waals surface area contributed by atoms with E-state index in [0.29, 0.717) is 24.5 Å². The summed E-state index contributed by atoms with van der Waals surface area (Å²) in [6, 6.07) is 11.3. The second-order valence-corrected chi connectivity index (χ2v) is 10.8. The van der Waals surface area contributed by atoms with Crippen molar-refractivity contribution in [3.05, 3.63) is 59.4 Å². The first-order chi connectivity index (χ1) is 17.5. The molecular weight excluding hydrogens is 455 g/mol. The number of carbonyl (C=O) groups is 2. The number of hydrogen-bond donors (Lipinski definition) is 1. The summed E-state index contributed by atoms with van der Waals surface area (Å²) in [4.78, 5) is 34.3. The lowest BCUT2D eigenvalue weighted by molar-refractivity contribution is -0.131. The van der Waals surface area contributed by atoms with Crippen molar-refractivity contribution >= 4 is 29.4 Å². The van der Waals surface area contributed by atoms with E-state index in [1.54, 1.807) is 17.0 Å². The molecule has 3 fully saturated rings. The highest BCUT2D eigenvalue weighted by Crippen LogP contribution is 2.46. The molecule has 0 aromatic heterocycles. The van der Waals surface area contributed by atoms with Crippen molar-refractivity contribution in [2.75, 3.05) is 31.5 Å². The highest BCUT2D eigenvalue weighted by molar-refractivity contribution is 6.16. The molecule has 0 bridgehead atoms. The van der Waals surface area contributed by atoms with Crippen LogP contribution in [0, 0.1) is 17.7 Å². The molecule has 2 aromatic rings. The van der Waals surface area contributed by atoms with Crippen LogP contribution in [0.1, 0.15) is 43.2 Å². The van der Waals surface area contributed by atoms with Crippen molar-refractivity contribution in [3.8, 4) is 11.1 Å². The van der Waals surface area contributed by atoms with Crippen LogP contribution in [0.4, 0.5) is 10.1 Å². The van der Waals surface area contributed by atoms with Gasteiger partial charge in [-0.05, 0) is 67.3 Å². The van der Waals surface area contributed by atoms with Crippen molar-refractivity contribution in [3.63, 3.8) is 0 Å². The van der Waals surface area contributed by atoms with Gasteiger partial charge in [-0.3, -0.25) is 19.5 Å². The van der Waals surface area contributed by atoms with E-state index in [2.05, 4.69) is 17.5 Å². The third-order valence-corrected chi connectivity index (χ3v) is 8.23. The van der Waals surface area contributed by atoms with Crippen LogP contribution >= 0.6 is 0 Å². The lowest BCUT2D eigenvalue weighted by Crippen LogP contribution is -2.41. The molecule has 0 radical (unpaired) electrons. The molecule has 1 spiro atoms. The topological polar surface area (TPSA) is 65.0 Å². The molecule has 5 aliphatic rings. The highest BCUT2D eigenvalue weighted by Gasteiger charge is 2.58. The predicted molar refractivity (Wildman–Crippen MR) is 137 cm³/mol. The highest BCUT2D eigenvalue weighted by atomic mass is 19.1. The molecule has 1 saturated heterocycles. The molecule has 3 aliphatic heterocycles. The van der Waals surface area contributed by atoms with Gasteiger partial charge in [0.15, 0.2) is 0 Å². The van der Waals surface area contributed by atoms with Crippen LogP contribution in [0.5, 0.6) is 0 Å². The summed E-state index contributed by atoms with van der Waals surface area (Å²) in [6.07, 6.45) is 8.44. The minimum Gasteiger partial charge on any atom is -0.381 e. The van der Waals surface area contributed by atoms with Gasteiger partial charge in [-0.15, -0.1) is 0 Å². The zero-order valence-electron chi connectivity index (χ0n) is 20.2.